The summed E-state index contributed by atoms with van der Waals surface area (Å²) >= 11 is 11.0. The molecule has 1 fully saturated rings. The van der Waals surface area contributed by atoms with Gasteiger partial charge in [0.05, 0.1) is 0 Å². The fourth-order valence-corrected chi connectivity index (χ4v) is 1.74. The highest BCUT2D eigenvalue weighted by atomic mass is 35.5. The molecule has 2 atom stereocenters. The molecule has 0 saturated carbocycles. The van der Waals surface area contributed by atoms with E-state index in [1.54, 1.807) is 0 Å². The Morgan fingerprint density at radius 2 is 1.29 bits per heavy atom. The van der Waals surface area contributed by atoms with Crippen LogP contribution in [0.4, 0.5) is 0 Å². The van der Waals surface area contributed by atoms with Crippen LogP contribution in [0.5, 0.6) is 0 Å². The summed E-state index contributed by atoms with van der Waals surface area (Å²) in [5.41, 5.74) is 0. The summed E-state index contributed by atoms with van der Waals surface area (Å²) in [6.45, 7) is 0. The average molecular weight is 239 g/mol. The van der Waals surface area contributed by atoms with E-state index >= 15 is 0 Å². The maximum absolute atomic E-state index is 11.4. The summed E-state index contributed by atoms with van der Waals surface area (Å²) < 4.78 is 0. The number of amides is 2. The Hall–Kier alpha value is -0.480. The number of rotatable bonds is 4. The van der Waals surface area contributed by atoms with Crippen molar-refractivity contribution >= 4 is 35.0 Å². The number of nitrogens with one attached hydrogen (secondary N) is 2. The van der Waals surface area contributed by atoms with Gasteiger partial charge in [0, 0.05) is 11.8 Å². The zero-order valence-electron chi connectivity index (χ0n) is 7.56. The highest BCUT2D eigenvalue weighted by Gasteiger charge is 2.32. The first kappa shape index (κ1) is 11.6. The summed E-state index contributed by atoms with van der Waals surface area (Å²) in [5, 5.41) is 5.22. The van der Waals surface area contributed by atoms with Crippen molar-refractivity contribution in [3.8, 4) is 0 Å². The van der Waals surface area contributed by atoms with Crippen LogP contribution in [-0.2, 0) is 9.59 Å². The molecular weight excluding hydrogens is 227 g/mol. The van der Waals surface area contributed by atoms with Gasteiger partial charge >= 0.3 is 0 Å². The van der Waals surface area contributed by atoms with E-state index < -0.39 is 12.1 Å². The van der Waals surface area contributed by atoms with Crippen LogP contribution in [0.3, 0.4) is 0 Å². The third-order valence-corrected chi connectivity index (χ3v) is 2.50. The zero-order valence-corrected chi connectivity index (χ0v) is 9.07. The number of carbonyl (C=O) groups is 2. The third-order valence-electron chi connectivity index (χ3n) is 2.06. The Balaban J connectivity index is 2.53. The highest BCUT2D eigenvalue weighted by Crippen LogP contribution is 2.05. The van der Waals surface area contributed by atoms with Crippen LogP contribution < -0.4 is 10.6 Å². The molecular formula is C8H12Cl2N2O2. The minimum atomic E-state index is -0.494. The monoisotopic (exact) mass is 238 g/mol. The fourth-order valence-electron chi connectivity index (χ4n) is 1.30. The summed E-state index contributed by atoms with van der Waals surface area (Å²) in [7, 11) is 0. The van der Waals surface area contributed by atoms with Gasteiger partial charge in [-0.25, -0.2) is 0 Å². The maximum atomic E-state index is 11.4. The van der Waals surface area contributed by atoms with E-state index in [0.717, 1.165) is 0 Å². The van der Waals surface area contributed by atoms with Crippen molar-refractivity contribution in [2.75, 3.05) is 11.8 Å². The normalized spacial score (nSPS) is 27.0. The van der Waals surface area contributed by atoms with Crippen LogP contribution in [0.15, 0.2) is 0 Å². The van der Waals surface area contributed by atoms with Crippen molar-refractivity contribution in [2.24, 2.45) is 0 Å². The molecule has 0 aromatic carbocycles. The van der Waals surface area contributed by atoms with Crippen molar-refractivity contribution in [3.63, 3.8) is 0 Å². The molecule has 0 aliphatic carbocycles. The Morgan fingerprint density at radius 3 is 1.57 bits per heavy atom. The first-order valence-electron chi connectivity index (χ1n) is 4.41. The van der Waals surface area contributed by atoms with Crippen LogP contribution in [0, 0.1) is 0 Å². The Kier molecular flexibility index (Phi) is 4.48. The van der Waals surface area contributed by atoms with Crippen LogP contribution in [0.1, 0.15) is 12.8 Å². The smallest absolute Gasteiger partial charge is 0.243 e. The van der Waals surface area contributed by atoms with Crippen molar-refractivity contribution in [3.05, 3.63) is 0 Å². The molecule has 6 heteroatoms. The maximum Gasteiger partial charge on any atom is 0.243 e. The molecule has 0 spiro atoms. The lowest BCUT2D eigenvalue weighted by Gasteiger charge is -2.28. The van der Waals surface area contributed by atoms with E-state index in [-0.39, 0.29) is 11.8 Å². The lowest BCUT2D eigenvalue weighted by atomic mass is 10.1. The van der Waals surface area contributed by atoms with Gasteiger partial charge in [0.2, 0.25) is 11.8 Å². The van der Waals surface area contributed by atoms with Gasteiger partial charge in [-0.05, 0) is 12.8 Å². The van der Waals surface area contributed by atoms with Gasteiger partial charge in [-0.2, -0.15) is 0 Å². The van der Waals surface area contributed by atoms with Crippen LogP contribution in [-0.4, -0.2) is 35.7 Å². The SMILES string of the molecule is O=C1N[C@H](CCCl)C(=O)N[C@H]1CCCl. The molecule has 2 amide bonds. The van der Waals surface area contributed by atoms with Gasteiger partial charge in [-0.1, -0.05) is 0 Å². The van der Waals surface area contributed by atoms with Gasteiger partial charge in [0.15, 0.2) is 0 Å². The number of hydrogen-bond acceptors (Lipinski definition) is 2. The van der Waals surface area contributed by atoms with Crippen molar-refractivity contribution in [2.45, 2.75) is 24.9 Å². The first-order chi connectivity index (χ1) is 6.69. The third kappa shape index (κ3) is 2.75. The zero-order chi connectivity index (χ0) is 10.6. The lowest BCUT2D eigenvalue weighted by Crippen LogP contribution is -2.61. The van der Waals surface area contributed by atoms with E-state index in [4.69, 9.17) is 23.2 Å². The van der Waals surface area contributed by atoms with Gasteiger partial charge < -0.3 is 10.6 Å². The van der Waals surface area contributed by atoms with Crippen LogP contribution in [0.25, 0.3) is 0 Å². The van der Waals surface area contributed by atoms with Gasteiger partial charge in [0.25, 0.3) is 0 Å². The van der Waals surface area contributed by atoms with Crippen LogP contribution in [0.2, 0.25) is 0 Å². The number of halogens is 2. The highest BCUT2D eigenvalue weighted by molar-refractivity contribution is 6.18. The van der Waals surface area contributed by atoms with Gasteiger partial charge in [-0.3, -0.25) is 9.59 Å². The largest absolute Gasteiger partial charge is 0.342 e. The van der Waals surface area contributed by atoms with Crippen molar-refractivity contribution in [1.29, 1.82) is 0 Å². The Labute approximate surface area is 92.3 Å². The molecule has 14 heavy (non-hydrogen) atoms. The number of piperazine rings is 1. The van der Waals surface area contributed by atoms with E-state index in [1.807, 2.05) is 0 Å². The second-order valence-corrected chi connectivity index (χ2v) is 3.83. The Morgan fingerprint density at radius 1 is 0.929 bits per heavy atom. The quantitative estimate of drug-likeness (QED) is 0.690. The lowest BCUT2D eigenvalue weighted by molar-refractivity contribution is -0.136. The summed E-state index contributed by atoms with van der Waals surface area (Å²) in [6, 6.07) is -0.988. The van der Waals surface area contributed by atoms with E-state index in [9.17, 15) is 9.59 Å². The molecule has 1 aliphatic heterocycles. The molecule has 0 unspecified atom stereocenters. The molecule has 0 radical (unpaired) electrons. The molecule has 2 N–H and O–H groups in total. The van der Waals surface area contributed by atoms with E-state index in [2.05, 4.69) is 10.6 Å². The topological polar surface area (TPSA) is 58.2 Å². The average Bonchev–Trinajstić information content (AvgIpc) is 2.14. The molecule has 0 aromatic rings. The van der Waals surface area contributed by atoms with Crippen molar-refractivity contribution in [1.82, 2.24) is 10.6 Å². The Bertz CT molecular complexity index is 211. The molecule has 1 rings (SSSR count). The molecule has 1 aliphatic rings. The van der Waals surface area contributed by atoms with Crippen LogP contribution >= 0.6 is 23.2 Å². The predicted molar refractivity (Wildman–Crippen MR) is 54.5 cm³/mol. The molecule has 0 bridgehead atoms. The number of alkyl halides is 2. The number of hydrogen-bond donors (Lipinski definition) is 2. The van der Waals surface area contributed by atoms with Gasteiger partial charge in [0.1, 0.15) is 12.1 Å². The second-order valence-electron chi connectivity index (χ2n) is 3.08. The van der Waals surface area contributed by atoms with E-state index in [1.165, 1.54) is 0 Å². The summed E-state index contributed by atoms with van der Waals surface area (Å²) in [4.78, 5) is 22.8. The minimum absolute atomic E-state index is 0.180. The summed E-state index contributed by atoms with van der Waals surface area (Å²) in [5.74, 6) is 0.331. The first-order valence-corrected chi connectivity index (χ1v) is 5.48. The van der Waals surface area contributed by atoms with E-state index in [0.29, 0.717) is 24.6 Å². The molecule has 80 valence electrons. The molecule has 4 nitrogen and oxygen atoms in total. The van der Waals surface area contributed by atoms with Crippen molar-refractivity contribution < 1.29 is 9.59 Å². The molecule has 0 aromatic heterocycles. The molecule has 1 heterocycles. The minimum Gasteiger partial charge on any atom is -0.342 e. The number of carbonyl (C=O) groups excluding carboxylic acids is 2. The predicted octanol–water partition coefficient (Wildman–Crippen LogP) is 0.227. The second kappa shape index (κ2) is 5.41. The fraction of sp³-hybridized carbons (Fsp3) is 0.750. The standard InChI is InChI=1S/C8H12Cl2N2O2/c9-3-1-5-7(13)12-6(2-4-10)8(14)11-5/h5-6H,1-4H2,(H,11,14)(H,12,13)/t5-,6+. The van der Waals surface area contributed by atoms with Gasteiger partial charge in [-0.15, -0.1) is 23.2 Å². The molecule has 1 saturated heterocycles. The summed E-state index contributed by atoms with van der Waals surface area (Å²) in [6.07, 6.45) is 0.902.